The average molecular weight is 577 g/mol. The average Bonchev–Trinajstić information content (AvgIpc) is 2.99. The number of methoxy groups -OCH3 is 1. The van der Waals surface area contributed by atoms with Crippen molar-refractivity contribution in [1.29, 1.82) is 0 Å². The monoisotopic (exact) mass is 576 g/mol. The minimum atomic E-state index is -1.18. The van der Waals surface area contributed by atoms with Crippen LogP contribution >= 0.6 is 0 Å². The van der Waals surface area contributed by atoms with Gasteiger partial charge in [0.25, 0.3) is 5.69 Å². The number of likely N-dealkylation sites (tertiary alicyclic amines) is 1. The van der Waals surface area contributed by atoms with E-state index in [1.54, 1.807) is 13.8 Å². The number of ether oxygens (including phenoxy) is 1. The second-order valence-electron chi connectivity index (χ2n) is 10.7. The molecule has 222 valence electrons. The number of nitro groups is 1. The summed E-state index contributed by atoms with van der Waals surface area (Å²) in [4.78, 5) is 51.4. The van der Waals surface area contributed by atoms with Crippen molar-refractivity contribution >= 4 is 23.5 Å². The van der Waals surface area contributed by atoms with Crippen LogP contribution in [0.15, 0.2) is 77.1 Å². The van der Waals surface area contributed by atoms with Crippen molar-refractivity contribution in [2.75, 3.05) is 33.3 Å². The molecule has 1 fully saturated rings. The molecule has 0 radical (unpaired) electrons. The summed E-state index contributed by atoms with van der Waals surface area (Å²) in [7, 11) is 1.42. The van der Waals surface area contributed by atoms with Crippen LogP contribution in [-0.2, 0) is 24.5 Å². The third-order valence-electron chi connectivity index (χ3n) is 8.22. The molecule has 1 saturated heterocycles. The van der Waals surface area contributed by atoms with Gasteiger partial charge in [0, 0.05) is 35.6 Å². The fourth-order valence-corrected chi connectivity index (χ4v) is 6.02. The summed E-state index contributed by atoms with van der Waals surface area (Å²) in [6.07, 6.45) is 1.92. The molecule has 2 heterocycles. The lowest BCUT2D eigenvalue weighted by molar-refractivity contribution is -0.384. The highest BCUT2D eigenvalue weighted by Crippen LogP contribution is 2.39. The number of non-ortho nitro benzene ring substituents is 1. The molecule has 42 heavy (non-hydrogen) atoms. The number of piperidine rings is 1. The summed E-state index contributed by atoms with van der Waals surface area (Å²) in [5.41, 5.74) is 1.85. The van der Waals surface area contributed by atoms with E-state index in [2.05, 4.69) is 15.5 Å². The third-order valence-corrected chi connectivity index (χ3v) is 8.22. The van der Waals surface area contributed by atoms with Crippen molar-refractivity contribution in [1.82, 2.24) is 15.5 Å². The number of rotatable bonds is 10. The zero-order chi connectivity index (χ0) is 30.4. The molecular formula is C31H36N4O7. The van der Waals surface area contributed by atoms with Crippen LogP contribution in [0.2, 0.25) is 0 Å². The number of hydrogen-bond donors (Lipinski definition) is 3. The maximum Gasteiger partial charge on any atom is 0.334 e. The summed E-state index contributed by atoms with van der Waals surface area (Å²) in [5.74, 6) is -2.69. The van der Waals surface area contributed by atoms with Gasteiger partial charge in [-0.25, -0.2) is 4.79 Å². The topological polar surface area (TPSA) is 151 Å². The first-order valence-corrected chi connectivity index (χ1v) is 13.9. The second kappa shape index (κ2) is 13.0. The van der Waals surface area contributed by atoms with Gasteiger partial charge >= 0.3 is 11.9 Å². The number of carbonyl (C=O) groups is 3. The van der Waals surface area contributed by atoms with Gasteiger partial charge < -0.3 is 25.4 Å². The number of dihydropyridines is 1. The molecule has 11 heteroatoms. The number of aliphatic carboxylic acids is 1. The Morgan fingerprint density at radius 1 is 1.05 bits per heavy atom. The molecule has 1 unspecified atom stereocenters. The van der Waals surface area contributed by atoms with Gasteiger partial charge in [0.15, 0.2) is 0 Å². The number of nitro benzene ring substituents is 1. The maximum absolute atomic E-state index is 13.4. The minimum Gasteiger partial charge on any atom is -0.478 e. The first-order chi connectivity index (χ1) is 20.1. The molecule has 4 rings (SSSR count). The second-order valence-corrected chi connectivity index (χ2v) is 10.7. The Balaban J connectivity index is 1.40. The summed E-state index contributed by atoms with van der Waals surface area (Å²) in [6, 6.07) is 15.3. The fourth-order valence-electron chi connectivity index (χ4n) is 6.02. The lowest BCUT2D eigenvalue weighted by Gasteiger charge is -2.40. The van der Waals surface area contributed by atoms with Gasteiger partial charge in [-0.1, -0.05) is 42.5 Å². The Morgan fingerprint density at radius 3 is 2.24 bits per heavy atom. The van der Waals surface area contributed by atoms with E-state index >= 15 is 0 Å². The lowest BCUT2D eigenvalue weighted by Crippen LogP contribution is -2.48. The molecule has 11 nitrogen and oxygen atoms in total. The molecule has 0 aliphatic carbocycles. The smallest absolute Gasteiger partial charge is 0.334 e. The number of carboxylic acid groups (broad SMARTS) is 1. The molecular weight excluding hydrogens is 540 g/mol. The quantitative estimate of drug-likeness (QED) is 0.167. The highest BCUT2D eigenvalue weighted by Gasteiger charge is 2.44. The van der Waals surface area contributed by atoms with Crippen LogP contribution in [0.5, 0.6) is 0 Å². The number of allylic oxidation sites excluding steroid dienone is 2. The van der Waals surface area contributed by atoms with Crippen molar-refractivity contribution in [3.63, 3.8) is 0 Å². The number of amides is 1. The van der Waals surface area contributed by atoms with E-state index in [1.807, 2.05) is 30.3 Å². The molecule has 2 aromatic carbocycles. The molecule has 2 aliphatic rings. The maximum atomic E-state index is 13.4. The Bertz CT molecular complexity index is 1410. The standard InChI is InChI=1S/C31H36N4O7/c1-20-25(27(26(29(37)38)21(2)33-20)22-10-12-24(13-11-22)35(40)41)28(36)32-16-7-17-34-18-14-31(15-19-34,30(39)42-3)23-8-5-4-6-9-23/h4-6,8-13,27,33H,7,14-19H2,1-3H3,(H,32,36)(H,37,38). The van der Waals surface area contributed by atoms with E-state index in [0.29, 0.717) is 62.4 Å². The van der Waals surface area contributed by atoms with Crippen LogP contribution in [0.3, 0.4) is 0 Å². The van der Waals surface area contributed by atoms with Crippen molar-refractivity contribution in [3.05, 3.63) is 98.4 Å². The van der Waals surface area contributed by atoms with E-state index in [9.17, 15) is 29.6 Å². The Hall–Kier alpha value is -4.51. The number of carbonyl (C=O) groups excluding carboxylic acids is 2. The predicted octanol–water partition coefficient (Wildman–Crippen LogP) is 3.63. The highest BCUT2D eigenvalue weighted by molar-refractivity contribution is 6.01. The number of hydrogen-bond acceptors (Lipinski definition) is 8. The molecule has 0 bridgehead atoms. The van der Waals surface area contributed by atoms with Crippen molar-refractivity contribution in [2.24, 2.45) is 0 Å². The minimum absolute atomic E-state index is 0.0143. The summed E-state index contributed by atoms with van der Waals surface area (Å²) < 4.78 is 5.18. The van der Waals surface area contributed by atoms with E-state index in [0.717, 1.165) is 5.56 Å². The van der Waals surface area contributed by atoms with Gasteiger partial charge in [-0.3, -0.25) is 19.7 Å². The van der Waals surface area contributed by atoms with Gasteiger partial charge in [-0.2, -0.15) is 0 Å². The third kappa shape index (κ3) is 6.20. The van der Waals surface area contributed by atoms with Gasteiger partial charge in [0.1, 0.15) is 0 Å². The van der Waals surface area contributed by atoms with Crippen molar-refractivity contribution in [3.8, 4) is 0 Å². The molecule has 2 aromatic rings. The molecule has 0 saturated carbocycles. The number of esters is 1. The van der Waals surface area contributed by atoms with E-state index in [-0.39, 0.29) is 22.8 Å². The van der Waals surface area contributed by atoms with E-state index in [1.165, 1.54) is 31.4 Å². The summed E-state index contributed by atoms with van der Waals surface area (Å²) >= 11 is 0. The Morgan fingerprint density at radius 2 is 1.67 bits per heavy atom. The van der Waals surface area contributed by atoms with Crippen LogP contribution in [0.25, 0.3) is 0 Å². The van der Waals surface area contributed by atoms with Crippen LogP contribution < -0.4 is 10.6 Å². The predicted molar refractivity (Wildman–Crippen MR) is 155 cm³/mol. The molecule has 1 amide bonds. The van der Waals surface area contributed by atoms with Gasteiger partial charge in [0.05, 0.1) is 28.9 Å². The zero-order valence-electron chi connectivity index (χ0n) is 24.0. The van der Waals surface area contributed by atoms with Crippen LogP contribution in [0, 0.1) is 10.1 Å². The first-order valence-electron chi connectivity index (χ1n) is 13.9. The number of carboxylic acids is 1. The molecule has 0 spiro atoms. The van der Waals surface area contributed by atoms with E-state index < -0.39 is 28.1 Å². The SMILES string of the molecule is COC(=O)C1(c2ccccc2)CCN(CCCNC(=O)C2=C(C)NC(C)=C(C(=O)O)C2c2ccc([N+](=O)[O-])cc2)CC1. The van der Waals surface area contributed by atoms with Gasteiger partial charge in [-0.15, -0.1) is 0 Å². The van der Waals surface area contributed by atoms with Gasteiger partial charge in [0.2, 0.25) is 5.91 Å². The Kier molecular flexibility index (Phi) is 9.41. The molecule has 1 atom stereocenters. The molecule has 3 N–H and O–H groups in total. The fraction of sp³-hybridized carbons (Fsp3) is 0.387. The normalized spacial score (nSPS) is 18.7. The summed E-state index contributed by atoms with van der Waals surface area (Å²) in [6.45, 7) is 5.84. The van der Waals surface area contributed by atoms with E-state index in [4.69, 9.17) is 4.74 Å². The lowest BCUT2D eigenvalue weighted by atomic mass is 9.72. The largest absolute Gasteiger partial charge is 0.478 e. The Labute approximate surface area is 244 Å². The van der Waals surface area contributed by atoms with Crippen LogP contribution in [0.4, 0.5) is 5.69 Å². The zero-order valence-corrected chi connectivity index (χ0v) is 24.0. The summed E-state index contributed by atoms with van der Waals surface area (Å²) in [5, 5.41) is 27.1. The number of nitrogens with one attached hydrogen (secondary N) is 2. The van der Waals surface area contributed by atoms with Crippen molar-refractivity contribution in [2.45, 2.75) is 44.4 Å². The first kappa shape index (κ1) is 30.4. The highest BCUT2D eigenvalue weighted by atomic mass is 16.6. The van der Waals surface area contributed by atoms with Crippen molar-refractivity contribution < 1.29 is 29.2 Å². The molecule has 0 aromatic heterocycles. The van der Waals surface area contributed by atoms with Crippen LogP contribution in [-0.4, -0.2) is 66.1 Å². The van der Waals surface area contributed by atoms with Gasteiger partial charge in [-0.05, 0) is 63.9 Å². The van der Waals surface area contributed by atoms with Crippen LogP contribution in [0.1, 0.15) is 50.2 Å². The number of nitrogens with zero attached hydrogens (tertiary/aromatic N) is 2. The molecule has 2 aliphatic heterocycles. The number of benzene rings is 2.